The predicted octanol–water partition coefficient (Wildman–Crippen LogP) is 5.10. The van der Waals surface area contributed by atoms with Crippen molar-refractivity contribution in [2.75, 3.05) is 5.32 Å². The van der Waals surface area contributed by atoms with Gasteiger partial charge in [0.1, 0.15) is 5.82 Å². The minimum absolute atomic E-state index is 0.251. The van der Waals surface area contributed by atoms with Crippen LogP contribution in [0.5, 0.6) is 0 Å². The molecule has 0 amide bonds. The third-order valence-electron chi connectivity index (χ3n) is 4.14. The number of oxazole rings is 1. The topological polar surface area (TPSA) is 83.8 Å². The van der Waals surface area contributed by atoms with Crippen LogP contribution in [0.1, 0.15) is 11.3 Å². The number of nitrogens with one attached hydrogen (secondary N) is 2. The first kappa shape index (κ1) is 18.8. The fourth-order valence-electron chi connectivity index (χ4n) is 2.77. The molecule has 9 heteroatoms. The Hall–Kier alpha value is -2.52. The molecule has 0 spiro atoms. The van der Waals surface area contributed by atoms with Gasteiger partial charge >= 0.3 is 5.76 Å². The summed E-state index contributed by atoms with van der Waals surface area (Å²) in [6.45, 7) is 0. The van der Waals surface area contributed by atoms with Gasteiger partial charge in [0.05, 0.1) is 15.7 Å². The van der Waals surface area contributed by atoms with E-state index in [0.717, 1.165) is 10.2 Å². The van der Waals surface area contributed by atoms with Gasteiger partial charge in [-0.15, -0.1) is 0 Å². The fourth-order valence-corrected chi connectivity index (χ4v) is 3.49. The van der Waals surface area contributed by atoms with Crippen molar-refractivity contribution in [1.29, 1.82) is 0 Å². The van der Waals surface area contributed by atoms with Crippen molar-refractivity contribution in [3.8, 4) is 0 Å². The lowest BCUT2D eigenvalue weighted by Gasteiger charge is -2.09. The second-order valence-electron chi connectivity index (χ2n) is 6.07. The number of aromatic amines is 1. The molecule has 0 saturated carbocycles. The molecule has 0 fully saturated rings. The zero-order valence-corrected chi connectivity index (χ0v) is 17.5. The van der Waals surface area contributed by atoms with Crippen LogP contribution in [0.2, 0.25) is 0 Å². The van der Waals surface area contributed by atoms with E-state index in [0.29, 0.717) is 45.6 Å². The predicted molar refractivity (Wildman–Crippen MR) is 111 cm³/mol. The van der Waals surface area contributed by atoms with E-state index >= 15 is 0 Å². The number of nitrogens with zero attached hydrogens (tertiary/aromatic N) is 2. The van der Waals surface area contributed by atoms with E-state index < -0.39 is 5.76 Å². The molecule has 2 heterocycles. The van der Waals surface area contributed by atoms with Crippen molar-refractivity contribution in [3.05, 3.63) is 79.2 Å². The molecule has 0 aliphatic heterocycles. The molecule has 0 atom stereocenters. The maximum atomic E-state index is 14.0. The van der Waals surface area contributed by atoms with Gasteiger partial charge in [-0.3, -0.25) is 4.98 Å². The molecule has 0 radical (unpaired) electrons. The Kier molecular flexibility index (Phi) is 5.27. The summed E-state index contributed by atoms with van der Waals surface area (Å²) in [5, 5.41) is 3.09. The first-order valence-corrected chi connectivity index (χ1v) is 9.92. The number of aryl methyl sites for hydroxylation is 2. The smallest absolute Gasteiger partial charge is 0.408 e. The molecule has 6 nitrogen and oxygen atoms in total. The number of hydrogen-bond donors (Lipinski definition) is 2. The molecule has 0 aliphatic rings. The maximum Gasteiger partial charge on any atom is 0.417 e. The van der Waals surface area contributed by atoms with Crippen LogP contribution in [0.25, 0.3) is 11.1 Å². The number of hydrogen-bond acceptors (Lipinski definition) is 5. The summed E-state index contributed by atoms with van der Waals surface area (Å²) in [4.78, 5) is 22.6. The Bertz CT molecular complexity index is 1220. The molecule has 2 aromatic heterocycles. The number of anilines is 2. The van der Waals surface area contributed by atoms with Crippen molar-refractivity contribution in [2.24, 2.45) is 0 Å². The summed E-state index contributed by atoms with van der Waals surface area (Å²) in [7, 11) is 0. The maximum absolute atomic E-state index is 14.0. The van der Waals surface area contributed by atoms with Crippen molar-refractivity contribution < 1.29 is 8.81 Å². The zero-order chi connectivity index (χ0) is 19.7. The minimum Gasteiger partial charge on any atom is -0.408 e. The van der Waals surface area contributed by atoms with Gasteiger partial charge in [0.15, 0.2) is 5.58 Å². The van der Waals surface area contributed by atoms with E-state index in [4.69, 9.17) is 4.42 Å². The third-order valence-corrected chi connectivity index (χ3v) is 5.30. The number of H-pyrrole nitrogens is 1. The van der Waals surface area contributed by atoms with Crippen LogP contribution in [-0.4, -0.2) is 15.0 Å². The van der Waals surface area contributed by atoms with E-state index in [1.165, 1.54) is 6.07 Å². The molecule has 142 valence electrons. The van der Waals surface area contributed by atoms with Crippen LogP contribution >= 0.6 is 31.9 Å². The highest BCUT2D eigenvalue weighted by molar-refractivity contribution is 9.10. The van der Waals surface area contributed by atoms with Crippen LogP contribution in [0.4, 0.5) is 16.0 Å². The van der Waals surface area contributed by atoms with Crippen LogP contribution < -0.4 is 11.1 Å². The summed E-state index contributed by atoms with van der Waals surface area (Å²) < 4.78 is 20.5. The highest BCUT2D eigenvalue weighted by Gasteiger charge is 2.10. The summed E-state index contributed by atoms with van der Waals surface area (Å²) in [5.41, 5.74) is 3.12. The average Bonchev–Trinajstić information content (AvgIpc) is 3.02. The minimum atomic E-state index is -0.505. The number of aromatic nitrogens is 3. The molecule has 0 aliphatic carbocycles. The number of benzene rings is 2. The van der Waals surface area contributed by atoms with Gasteiger partial charge in [0.25, 0.3) is 0 Å². The fraction of sp³-hybridized carbons (Fsp3) is 0.105. The van der Waals surface area contributed by atoms with E-state index in [-0.39, 0.29) is 5.82 Å². The van der Waals surface area contributed by atoms with Crippen molar-refractivity contribution in [1.82, 2.24) is 15.0 Å². The van der Waals surface area contributed by atoms with E-state index in [9.17, 15) is 9.18 Å². The van der Waals surface area contributed by atoms with Crippen LogP contribution in [0, 0.1) is 5.82 Å². The van der Waals surface area contributed by atoms with Gasteiger partial charge in [-0.05, 0) is 58.6 Å². The molecule has 28 heavy (non-hydrogen) atoms. The summed E-state index contributed by atoms with van der Waals surface area (Å²) in [6, 6.07) is 10.2. The Morgan fingerprint density at radius 2 is 2.00 bits per heavy atom. The van der Waals surface area contributed by atoms with E-state index in [1.807, 2.05) is 6.07 Å². The zero-order valence-electron chi connectivity index (χ0n) is 14.3. The summed E-state index contributed by atoms with van der Waals surface area (Å²) in [6.07, 6.45) is 2.70. The second kappa shape index (κ2) is 7.84. The van der Waals surface area contributed by atoms with Crippen LogP contribution in [-0.2, 0) is 12.8 Å². The number of rotatable bonds is 5. The standard InChI is InChI=1S/C19H13Br2FN4O2/c20-11-3-1-10(14(22)7-11)2-5-15-13(21)9-23-18(25-15)24-12-4-6-16-17(8-12)28-19(27)26-16/h1,3-4,6-9H,2,5H2,(H,26,27)(H,23,24,25). The lowest BCUT2D eigenvalue weighted by molar-refractivity contribution is 0.555. The van der Waals surface area contributed by atoms with Gasteiger partial charge in [0, 0.05) is 22.4 Å². The monoisotopic (exact) mass is 506 g/mol. The Morgan fingerprint density at radius 3 is 2.82 bits per heavy atom. The Labute approximate surface area is 175 Å². The van der Waals surface area contributed by atoms with Gasteiger partial charge in [0.2, 0.25) is 5.95 Å². The highest BCUT2D eigenvalue weighted by atomic mass is 79.9. The lowest BCUT2D eigenvalue weighted by atomic mass is 10.1. The van der Waals surface area contributed by atoms with Gasteiger partial charge in [-0.2, -0.15) is 0 Å². The molecule has 2 aromatic carbocycles. The Morgan fingerprint density at radius 1 is 1.14 bits per heavy atom. The molecule has 4 rings (SSSR count). The van der Waals surface area contributed by atoms with Crippen LogP contribution in [0.15, 0.2) is 60.8 Å². The van der Waals surface area contributed by atoms with Gasteiger partial charge < -0.3 is 9.73 Å². The highest BCUT2D eigenvalue weighted by Crippen LogP contribution is 2.23. The third kappa shape index (κ3) is 4.15. The lowest BCUT2D eigenvalue weighted by Crippen LogP contribution is -2.03. The van der Waals surface area contributed by atoms with Crippen LogP contribution in [0.3, 0.4) is 0 Å². The van der Waals surface area contributed by atoms with E-state index in [1.54, 1.807) is 30.5 Å². The average molecular weight is 508 g/mol. The molecule has 0 bridgehead atoms. The number of fused-ring (bicyclic) bond motifs is 1. The molecule has 4 aromatic rings. The summed E-state index contributed by atoms with van der Waals surface area (Å²) in [5.74, 6) is -0.361. The van der Waals surface area contributed by atoms with E-state index in [2.05, 4.69) is 52.1 Å². The first-order valence-electron chi connectivity index (χ1n) is 8.33. The largest absolute Gasteiger partial charge is 0.417 e. The summed E-state index contributed by atoms with van der Waals surface area (Å²) >= 11 is 6.71. The Balaban J connectivity index is 1.53. The molecular formula is C19H13Br2FN4O2. The first-order chi connectivity index (χ1) is 13.5. The normalized spacial score (nSPS) is 11.1. The van der Waals surface area contributed by atoms with Gasteiger partial charge in [-0.25, -0.2) is 19.2 Å². The SMILES string of the molecule is O=c1[nH]c2ccc(Nc3ncc(Br)c(CCc4ccc(Br)cc4F)n3)cc2o1. The molecule has 0 unspecified atom stereocenters. The van der Waals surface area contributed by atoms with Crippen molar-refractivity contribution >= 4 is 54.6 Å². The van der Waals surface area contributed by atoms with Gasteiger partial charge in [-0.1, -0.05) is 22.0 Å². The quantitative estimate of drug-likeness (QED) is 0.392. The van der Waals surface area contributed by atoms with Crippen molar-refractivity contribution in [2.45, 2.75) is 12.8 Å². The molecule has 0 saturated heterocycles. The second-order valence-corrected chi connectivity index (χ2v) is 7.84. The van der Waals surface area contributed by atoms with Crippen molar-refractivity contribution in [3.63, 3.8) is 0 Å². The molecule has 2 N–H and O–H groups in total. The molecular weight excluding hydrogens is 495 g/mol. The number of halogens is 3.